The van der Waals surface area contributed by atoms with Crippen molar-refractivity contribution in [2.24, 2.45) is 5.92 Å². The Morgan fingerprint density at radius 2 is 2.09 bits per heavy atom. The first-order chi connectivity index (χ1) is 10.5. The molecule has 5 nitrogen and oxygen atoms in total. The molecule has 116 valence electrons. The summed E-state index contributed by atoms with van der Waals surface area (Å²) in [5.74, 6) is 0.0824. The minimum absolute atomic E-state index is 0.119. The Bertz CT molecular complexity index is 672. The summed E-state index contributed by atoms with van der Waals surface area (Å²) in [6, 6.07) is 9.74. The Morgan fingerprint density at radius 1 is 1.41 bits per heavy atom. The van der Waals surface area contributed by atoms with Gasteiger partial charge in [-0.25, -0.2) is 4.68 Å². The van der Waals surface area contributed by atoms with Crippen molar-refractivity contribution in [2.45, 2.75) is 38.7 Å². The van der Waals surface area contributed by atoms with Gasteiger partial charge in [0.15, 0.2) is 0 Å². The molecule has 1 heterocycles. The van der Waals surface area contributed by atoms with Crippen molar-refractivity contribution in [3.05, 3.63) is 42.2 Å². The van der Waals surface area contributed by atoms with Gasteiger partial charge in [0.2, 0.25) is 5.91 Å². The third-order valence-electron chi connectivity index (χ3n) is 4.17. The number of nitrogens with one attached hydrogen (secondary N) is 1. The maximum atomic E-state index is 12.2. The van der Waals surface area contributed by atoms with Crippen LogP contribution in [0.4, 0.5) is 5.69 Å². The van der Waals surface area contributed by atoms with E-state index in [1.54, 1.807) is 17.8 Å². The molecule has 2 N–H and O–H groups in total. The van der Waals surface area contributed by atoms with Gasteiger partial charge in [0.1, 0.15) is 0 Å². The van der Waals surface area contributed by atoms with Gasteiger partial charge in [-0.1, -0.05) is 18.2 Å². The number of nitrogens with zero attached hydrogens (tertiary/aromatic N) is 2. The number of hydrogen-bond acceptors (Lipinski definition) is 3. The number of carbonyl (C=O) groups excluding carboxylic acids is 1. The van der Waals surface area contributed by atoms with Crippen molar-refractivity contribution in [1.29, 1.82) is 0 Å². The van der Waals surface area contributed by atoms with Crippen LogP contribution >= 0.6 is 0 Å². The van der Waals surface area contributed by atoms with Crippen molar-refractivity contribution < 1.29 is 9.90 Å². The molecule has 0 spiro atoms. The summed E-state index contributed by atoms with van der Waals surface area (Å²) in [5.41, 5.74) is 1.47. The number of rotatable bonds is 5. The van der Waals surface area contributed by atoms with Crippen LogP contribution in [0, 0.1) is 12.8 Å². The second kappa shape index (κ2) is 5.57. The van der Waals surface area contributed by atoms with Crippen LogP contribution in [0.3, 0.4) is 0 Å². The summed E-state index contributed by atoms with van der Waals surface area (Å²) in [6.07, 6.45) is 3.93. The molecule has 3 rings (SSSR count). The Hall–Kier alpha value is -2.14. The normalized spacial score (nSPS) is 17.0. The lowest BCUT2D eigenvalue weighted by Crippen LogP contribution is -2.32. The number of aromatic nitrogens is 2. The number of amides is 1. The molecule has 1 amide bonds. The van der Waals surface area contributed by atoms with Crippen LogP contribution in [0.15, 0.2) is 36.5 Å². The van der Waals surface area contributed by atoms with Gasteiger partial charge >= 0.3 is 0 Å². The molecule has 0 aliphatic heterocycles. The summed E-state index contributed by atoms with van der Waals surface area (Å²) >= 11 is 0. The quantitative estimate of drug-likeness (QED) is 0.892. The number of anilines is 1. The van der Waals surface area contributed by atoms with Crippen LogP contribution < -0.4 is 5.32 Å². The Morgan fingerprint density at radius 3 is 2.73 bits per heavy atom. The van der Waals surface area contributed by atoms with Gasteiger partial charge < -0.3 is 10.4 Å². The smallest absolute Gasteiger partial charge is 0.227 e. The molecule has 1 atom stereocenters. The molecule has 5 heteroatoms. The van der Waals surface area contributed by atoms with Gasteiger partial charge in [0.05, 0.1) is 35.3 Å². The zero-order valence-corrected chi connectivity index (χ0v) is 12.9. The van der Waals surface area contributed by atoms with Gasteiger partial charge in [0, 0.05) is 0 Å². The van der Waals surface area contributed by atoms with Crippen LogP contribution in [0.2, 0.25) is 0 Å². The van der Waals surface area contributed by atoms with Gasteiger partial charge in [0.25, 0.3) is 0 Å². The summed E-state index contributed by atoms with van der Waals surface area (Å²) in [7, 11) is 0. The molecule has 2 aromatic rings. The molecular formula is C17H21N3O2. The minimum atomic E-state index is -0.909. The molecule has 1 aliphatic carbocycles. The second-order valence-corrected chi connectivity index (χ2v) is 6.26. The molecule has 22 heavy (non-hydrogen) atoms. The minimum Gasteiger partial charge on any atom is -0.389 e. The average molecular weight is 299 g/mol. The average Bonchev–Trinajstić information content (AvgIpc) is 3.26. The standard InChI is InChI=1S/C17H21N3O2/c1-12-15(11-20(19-12)14-6-4-3-5-7-14)18-16(21)10-17(2,22)13-8-9-13/h3-7,11,13,22H,8-10H2,1-2H3,(H,18,21). The van der Waals surface area contributed by atoms with Gasteiger partial charge in [-0.05, 0) is 44.7 Å². The summed E-state index contributed by atoms with van der Waals surface area (Å²) in [4.78, 5) is 12.2. The van der Waals surface area contributed by atoms with E-state index in [-0.39, 0.29) is 18.2 Å². The predicted octanol–water partition coefficient (Wildman–Crippen LogP) is 2.67. The highest BCUT2D eigenvalue weighted by atomic mass is 16.3. The molecule has 0 saturated heterocycles. The second-order valence-electron chi connectivity index (χ2n) is 6.26. The Labute approximate surface area is 130 Å². The zero-order valence-electron chi connectivity index (χ0n) is 12.9. The van der Waals surface area contributed by atoms with Crippen LogP contribution in [-0.4, -0.2) is 26.4 Å². The van der Waals surface area contributed by atoms with Crippen LogP contribution in [0.1, 0.15) is 31.9 Å². The van der Waals surface area contributed by atoms with Gasteiger partial charge in [-0.3, -0.25) is 4.79 Å². The monoisotopic (exact) mass is 299 g/mol. The lowest BCUT2D eigenvalue weighted by molar-refractivity contribution is -0.121. The fourth-order valence-corrected chi connectivity index (χ4v) is 2.66. The van der Waals surface area contributed by atoms with Gasteiger partial charge in [-0.2, -0.15) is 5.10 Å². The van der Waals surface area contributed by atoms with Crippen molar-refractivity contribution in [3.8, 4) is 5.69 Å². The van der Waals surface area contributed by atoms with Crippen molar-refractivity contribution in [1.82, 2.24) is 9.78 Å². The molecule has 0 bridgehead atoms. The van der Waals surface area contributed by atoms with E-state index in [1.165, 1.54) is 0 Å². The third-order valence-corrected chi connectivity index (χ3v) is 4.17. The van der Waals surface area contributed by atoms with E-state index in [9.17, 15) is 9.90 Å². The molecule has 1 aliphatic rings. The topological polar surface area (TPSA) is 67.2 Å². The van der Waals surface area contributed by atoms with E-state index in [2.05, 4.69) is 10.4 Å². The zero-order chi connectivity index (χ0) is 15.7. The first-order valence-corrected chi connectivity index (χ1v) is 7.59. The lowest BCUT2D eigenvalue weighted by Gasteiger charge is -2.21. The molecular weight excluding hydrogens is 278 g/mol. The predicted molar refractivity (Wildman–Crippen MR) is 84.9 cm³/mol. The lowest BCUT2D eigenvalue weighted by atomic mass is 9.96. The van der Waals surface area contributed by atoms with Crippen molar-refractivity contribution >= 4 is 11.6 Å². The number of aryl methyl sites for hydroxylation is 1. The van der Waals surface area contributed by atoms with Gasteiger partial charge in [-0.15, -0.1) is 0 Å². The molecule has 1 aromatic heterocycles. The number of aliphatic hydroxyl groups is 1. The summed E-state index contributed by atoms with van der Waals surface area (Å²) in [5, 5.41) is 17.5. The SMILES string of the molecule is Cc1nn(-c2ccccc2)cc1NC(=O)CC(C)(O)C1CC1. The Kier molecular flexibility index (Phi) is 3.74. The third kappa shape index (κ3) is 3.20. The highest BCUT2D eigenvalue weighted by Gasteiger charge is 2.41. The van der Waals surface area contributed by atoms with E-state index < -0.39 is 5.60 Å². The van der Waals surface area contributed by atoms with E-state index in [0.29, 0.717) is 5.69 Å². The maximum Gasteiger partial charge on any atom is 0.227 e. The molecule has 1 saturated carbocycles. The highest BCUT2D eigenvalue weighted by molar-refractivity contribution is 5.91. The van der Waals surface area contributed by atoms with Crippen LogP contribution in [0.5, 0.6) is 0 Å². The molecule has 1 aromatic carbocycles. The van der Waals surface area contributed by atoms with E-state index in [1.807, 2.05) is 37.3 Å². The highest BCUT2D eigenvalue weighted by Crippen LogP contribution is 2.41. The molecule has 0 radical (unpaired) electrons. The van der Waals surface area contributed by atoms with E-state index in [4.69, 9.17) is 0 Å². The first kappa shape index (κ1) is 14.8. The maximum absolute atomic E-state index is 12.2. The largest absolute Gasteiger partial charge is 0.389 e. The van der Waals surface area contributed by atoms with Crippen LogP contribution in [0.25, 0.3) is 5.69 Å². The summed E-state index contributed by atoms with van der Waals surface area (Å²) in [6.45, 7) is 3.60. The summed E-state index contributed by atoms with van der Waals surface area (Å²) < 4.78 is 1.74. The van der Waals surface area contributed by atoms with E-state index >= 15 is 0 Å². The number of para-hydroxylation sites is 1. The Balaban J connectivity index is 1.70. The van der Waals surface area contributed by atoms with Crippen LogP contribution in [-0.2, 0) is 4.79 Å². The van der Waals surface area contributed by atoms with Crippen molar-refractivity contribution in [2.75, 3.05) is 5.32 Å². The fraction of sp³-hybridized carbons (Fsp3) is 0.412. The molecule has 1 fully saturated rings. The number of hydrogen-bond donors (Lipinski definition) is 2. The number of carbonyl (C=O) groups is 1. The van der Waals surface area contributed by atoms with Crippen molar-refractivity contribution in [3.63, 3.8) is 0 Å². The first-order valence-electron chi connectivity index (χ1n) is 7.59. The molecule has 1 unspecified atom stereocenters. The number of benzene rings is 1. The fourth-order valence-electron chi connectivity index (χ4n) is 2.66. The van der Waals surface area contributed by atoms with E-state index in [0.717, 1.165) is 24.2 Å².